The lowest BCUT2D eigenvalue weighted by atomic mass is 10.1. The molecule has 1 aromatic carbocycles. The lowest BCUT2D eigenvalue weighted by Crippen LogP contribution is -2.37. The molecule has 1 fully saturated rings. The SMILES string of the molecule is FC(F)(F)c1cc(Cc2nc(-c3cccnc3)cs2)ccc1OCCCN1CCOCC1. The average Bonchev–Trinajstić information content (AvgIpc) is 3.26. The first kappa shape index (κ1) is 22.7. The third kappa shape index (κ3) is 6.05. The molecule has 4 rings (SSSR count). The molecule has 0 aliphatic carbocycles. The van der Waals surface area contributed by atoms with Gasteiger partial charge in [0.05, 0.1) is 36.1 Å². The monoisotopic (exact) mass is 463 g/mol. The first-order chi connectivity index (χ1) is 15.5. The molecule has 0 bridgehead atoms. The highest BCUT2D eigenvalue weighted by Gasteiger charge is 2.34. The Morgan fingerprint density at radius 3 is 2.75 bits per heavy atom. The normalized spacial score (nSPS) is 15.1. The number of thiazole rings is 1. The lowest BCUT2D eigenvalue weighted by molar-refractivity contribution is -0.139. The molecule has 32 heavy (non-hydrogen) atoms. The topological polar surface area (TPSA) is 47.5 Å². The smallest absolute Gasteiger partial charge is 0.419 e. The predicted molar refractivity (Wildman–Crippen MR) is 117 cm³/mol. The van der Waals surface area contributed by atoms with Gasteiger partial charge in [0.25, 0.3) is 0 Å². The summed E-state index contributed by atoms with van der Waals surface area (Å²) in [4.78, 5) is 10.9. The second-order valence-electron chi connectivity index (χ2n) is 7.53. The van der Waals surface area contributed by atoms with Crippen LogP contribution in [0.25, 0.3) is 11.3 Å². The zero-order valence-corrected chi connectivity index (χ0v) is 18.3. The van der Waals surface area contributed by atoms with Crippen LogP contribution in [-0.4, -0.2) is 54.3 Å². The summed E-state index contributed by atoms with van der Waals surface area (Å²) in [6, 6.07) is 7.99. The quantitative estimate of drug-likeness (QED) is 0.444. The van der Waals surface area contributed by atoms with Crippen molar-refractivity contribution in [2.24, 2.45) is 0 Å². The zero-order valence-electron chi connectivity index (χ0n) is 17.5. The van der Waals surface area contributed by atoms with Gasteiger partial charge in [0, 0.05) is 49.4 Å². The van der Waals surface area contributed by atoms with E-state index in [9.17, 15) is 13.2 Å². The minimum atomic E-state index is -4.49. The Morgan fingerprint density at radius 1 is 1.16 bits per heavy atom. The second-order valence-corrected chi connectivity index (χ2v) is 8.47. The van der Waals surface area contributed by atoms with Gasteiger partial charge >= 0.3 is 6.18 Å². The van der Waals surface area contributed by atoms with Gasteiger partial charge in [-0.3, -0.25) is 9.88 Å². The molecule has 3 aromatic rings. The molecule has 5 nitrogen and oxygen atoms in total. The molecule has 170 valence electrons. The molecule has 0 radical (unpaired) electrons. The van der Waals surface area contributed by atoms with Gasteiger partial charge in [-0.15, -0.1) is 11.3 Å². The summed E-state index contributed by atoms with van der Waals surface area (Å²) in [6.45, 7) is 4.11. The highest BCUT2D eigenvalue weighted by molar-refractivity contribution is 7.10. The van der Waals surface area contributed by atoms with Crippen LogP contribution in [0.2, 0.25) is 0 Å². The molecule has 0 saturated carbocycles. The standard InChI is InChI=1S/C23H24F3N3O2S/c24-23(25,26)19-13-17(14-22-28-20(16-32-22)18-3-1-6-27-15-18)4-5-21(19)31-10-2-7-29-8-11-30-12-9-29/h1,3-6,13,15-16H,2,7-12,14H2. The van der Waals surface area contributed by atoms with Crippen molar-refractivity contribution < 1.29 is 22.6 Å². The number of alkyl halides is 3. The van der Waals surface area contributed by atoms with E-state index in [0.717, 1.165) is 35.9 Å². The Labute approximate surface area is 188 Å². The molecule has 1 aliphatic heterocycles. The van der Waals surface area contributed by atoms with Crippen LogP contribution in [0.1, 0.15) is 22.6 Å². The van der Waals surface area contributed by atoms with Crippen LogP contribution >= 0.6 is 11.3 Å². The summed E-state index contributed by atoms with van der Waals surface area (Å²) >= 11 is 1.42. The minimum Gasteiger partial charge on any atom is -0.493 e. The summed E-state index contributed by atoms with van der Waals surface area (Å²) in [6.07, 6.45) is -0.104. The average molecular weight is 464 g/mol. The van der Waals surface area contributed by atoms with Gasteiger partial charge in [-0.1, -0.05) is 6.07 Å². The van der Waals surface area contributed by atoms with E-state index in [0.29, 0.717) is 31.6 Å². The van der Waals surface area contributed by atoms with Crippen molar-refractivity contribution in [3.05, 3.63) is 64.2 Å². The van der Waals surface area contributed by atoms with E-state index >= 15 is 0 Å². The maximum atomic E-state index is 13.7. The number of benzene rings is 1. The van der Waals surface area contributed by atoms with Crippen LogP contribution in [0.15, 0.2) is 48.1 Å². The third-order valence-electron chi connectivity index (χ3n) is 5.19. The van der Waals surface area contributed by atoms with Crippen molar-refractivity contribution in [2.45, 2.75) is 19.0 Å². The van der Waals surface area contributed by atoms with Gasteiger partial charge < -0.3 is 9.47 Å². The Hall–Kier alpha value is -2.49. The van der Waals surface area contributed by atoms with Crippen molar-refractivity contribution in [2.75, 3.05) is 39.5 Å². The summed E-state index contributed by atoms with van der Waals surface area (Å²) < 4.78 is 51.8. The van der Waals surface area contributed by atoms with Crippen LogP contribution in [0, 0.1) is 0 Å². The van der Waals surface area contributed by atoms with Crippen LogP contribution < -0.4 is 4.74 Å². The fourth-order valence-electron chi connectivity index (χ4n) is 3.54. The fraction of sp³-hybridized carbons (Fsp3) is 0.391. The van der Waals surface area contributed by atoms with Crippen LogP contribution in [-0.2, 0) is 17.3 Å². The molecule has 0 spiro atoms. The van der Waals surface area contributed by atoms with Gasteiger partial charge in [-0.25, -0.2) is 4.98 Å². The number of halogens is 3. The number of nitrogens with zero attached hydrogens (tertiary/aromatic N) is 3. The van der Waals surface area contributed by atoms with Crippen molar-refractivity contribution >= 4 is 11.3 Å². The van der Waals surface area contributed by atoms with Gasteiger partial charge in [-0.2, -0.15) is 13.2 Å². The summed E-state index contributed by atoms with van der Waals surface area (Å²) in [7, 11) is 0. The maximum absolute atomic E-state index is 13.7. The molecule has 3 heterocycles. The number of hydrogen-bond acceptors (Lipinski definition) is 6. The van der Waals surface area contributed by atoms with Crippen LogP contribution in [0.4, 0.5) is 13.2 Å². The van der Waals surface area contributed by atoms with E-state index in [1.54, 1.807) is 18.5 Å². The van der Waals surface area contributed by atoms with E-state index in [4.69, 9.17) is 9.47 Å². The van der Waals surface area contributed by atoms with Gasteiger partial charge in [0.1, 0.15) is 5.75 Å². The molecular formula is C23H24F3N3O2S. The lowest BCUT2D eigenvalue weighted by Gasteiger charge is -2.26. The molecule has 0 unspecified atom stereocenters. The fourth-order valence-corrected chi connectivity index (χ4v) is 4.38. The Kier molecular flexibility index (Phi) is 7.39. The Balaban J connectivity index is 1.40. The van der Waals surface area contributed by atoms with Crippen molar-refractivity contribution in [3.8, 4) is 17.0 Å². The van der Waals surface area contributed by atoms with E-state index < -0.39 is 11.7 Å². The summed E-state index contributed by atoms with van der Waals surface area (Å²) in [5.41, 5.74) is 1.46. The van der Waals surface area contributed by atoms with E-state index in [2.05, 4.69) is 14.9 Å². The predicted octanol–water partition coefficient (Wildman–Crippen LogP) is 4.92. The first-order valence-electron chi connectivity index (χ1n) is 10.5. The molecule has 1 saturated heterocycles. The van der Waals surface area contributed by atoms with Crippen molar-refractivity contribution in [1.82, 2.24) is 14.9 Å². The zero-order chi connectivity index (χ0) is 22.4. The molecule has 2 aromatic heterocycles. The Bertz CT molecular complexity index is 1010. The third-order valence-corrected chi connectivity index (χ3v) is 6.04. The maximum Gasteiger partial charge on any atom is 0.419 e. The molecule has 1 aliphatic rings. The van der Waals surface area contributed by atoms with E-state index in [1.165, 1.54) is 23.5 Å². The van der Waals surface area contributed by atoms with Gasteiger partial charge in [-0.05, 0) is 36.2 Å². The molecule has 9 heteroatoms. The van der Waals surface area contributed by atoms with E-state index in [-0.39, 0.29) is 12.4 Å². The van der Waals surface area contributed by atoms with Crippen molar-refractivity contribution in [1.29, 1.82) is 0 Å². The van der Waals surface area contributed by atoms with Gasteiger partial charge in [0.2, 0.25) is 0 Å². The molecule has 0 atom stereocenters. The number of hydrogen-bond donors (Lipinski definition) is 0. The number of morpholine rings is 1. The minimum absolute atomic E-state index is 0.126. The molecule has 0 amide bonds. The number of pyridine rings is 1. The van der Waals surface area contributed by atoms with Crippen LogP contribution in [0.3, 0.4) is 0 Å². The largest absolute Gasteiger partial charge is 0.493 e. The van der Waals surface area contributed by atoms with E-state index in [1.807, 2.05) is 17.5 Å². The Morgan fingerprint density at radius 2 is 2.00 bits per heavy atom. The number of aromatic nitrogens is 2. The van der Waals surface area contributed by atoms with Gasteiger partial charge in [0.15, 0.2) is 0 Å². The summed E-state index contributed by atoms with van der Waals surface area (Å²) in [5.74, 6) is -0.126. The number of ether oxygens (including phenoxy) is 2. The van der Waals surface area contributed by atoms with Crippen molar-refractivity contribution in [3.63, 3.8) is 0 Å². The molecule has 0 N–H and O–H groups in total. The second kappa shape index (κ2) is 10.4. The number of rotatable bonds is 8. The summed E-state index contributed by atoms with van der Waals surface area (Å²) in [5, 5.41) is 2.64. The highest BCUT2D eigenvalue weighted by Crippen LogP contribution is 2.37. The molecular weight excluding hydrogens is 439 g/mol. The first-order valence-corrected chi connectivity index (χ1v) is 11.3. The highest BCUT2D eigenvalue weighted by atomic mass is 32.1. The van der Waals surface area contributed by atoms with Crippen LogP contribution in [0.5, 0.6) is 5.75 Å².